The Hall–Kier alpha value is -1.31. The fourth-order valence-corrected chi connectivity index (χ4v) is 4.53. The molecule has 1 aromatic heterocycles. The van der Waals surface area contributed by atoms with E-state index in [0.29, 0.717) is 18.1 Å². The van der Waals surface area contributed by atoms with Gasteiger partial charge in [-0.05, 0) is 37.1 Å². The molecule has 0 spiro atoms. The third-order valence-corrected chi connectivity index (χ3v) is 5.96. The van der Waals surface area contributed by atoms with Gasteiger partial charge in [0, 0.05) is 30.1 Å². The summed E-state index contributed by atoms with van der Waals surface area (Å²) in [6, 6.07) is 4.27. The monoisotopic (exact) mass is 372 g/mol. The number of fused-ring (bicyclic) bond motifs is 2. The molecule has 6 nitrogen and oxygen atoms in total. The van der Waals surface area contributed by atoms with Crippen LogP contribution >= 0.6 is 23.7 Å². The third-order valence-electron chi connectivity index (χ3n) is 4.97. The molecule has 0 aliphatic carbocycles. The van der Waals surface area contributed by atoms with Crippen LogP contribution in [-0.2, 0) is 4.79 Å². The number of nitrogens with two attached hydrogens (primary N) is 1. The summed E-state index contributed by atoms with van der Waals surface area (Å²) in [5, 5.41) is 8.22. The average molecular weight is 373 g/mol. The van der Waals surface area contributed by atoms with Crippen molar-refractivity contribution in [1.82, 2.24) is 15.5 Å². The lowest BCUT2D eigenvalue weighted by Gasteiger charge is -2.36. The normalized spacial score (nSPS) is 26.3. The van der Waals surface area contributed by atoms with Crippen molar-refractivity contribution in [3.8, 4) is 0 Å². The first-order valence-electron chi connectivity index (χ1n) is 8.14. The highest BCUT2D eigenvalue weighted by atomic mass is 35.5. The van der Waals surface area contributed by atoms with Gasteiger partial charge in [-0.2, -0.15) is 0 Å². The number of amides is 3. The smallest absolute Gasteiger partial charge is 0.312 e. The SMILES string of the molecule is CN(C(=O)CC(NC(N)=O)c1cccs1)C1CC2CCC(C1)N2.Cl. The van der Waals surface area contributed by atoms with Gasteiger partial charge in [-0.1, -0.05) is 6.07 Å². The Labute approximate surface area is 152 Å². The molecule has 4 N–H and O–H groups in total. The largest absolute Gasteiger partial charge is 0.352 e. The molecule has 3 atom stereocenters. The van der Waals surface area contributed by atoms with E-state index < -0.39 is 6.03 Å². The number of nitrogens with one attached hydrogen (secondary N) is 2. The summed E-state index contributed by atoms with van der Waals surface area (Å²) >= 11 is 1.52. The van der Waals surface area contributed by atoms with Crippen LogP contribution in [-0.4, -0.2) is 42.0 Å². The Bertz CT molecular complexity index is 556. The number of piperidine rings is 1. The zero-order valence-corrected chi connectivity index (χ0v) is 15.4. The van der Waals surface area contributed by atoms with Gasteiger partial charge in [0.25, 0.3) is 0 Å². The molecule has 2 saturated heterocycles. The fourth-order valence-electron chi connectivity index (χ4n) is 3.75. The summed E-state index contributed by atoms with van der Waals surface area (Å²) in [4.78, 5) is 26.7. The van der Waals surface area contributed by atoms with Gasteiger partial charge in [0.2, 0.25) is 5.91 Å². The number of primary amides is 1. The van der Waals surface area contributed by atoms with E-state index in [9.17, 15) is 9.59 Å². The molecule has 8 heteroatoms. The topological polar surface area (TPSA) is 87.5 Å². The summed E-state index contributed by atoms with van der Waals surface area (Å²) in [6.45, 7) is 0. The number of thiophene rings is 1. The predicted octanol–water partition coefficient (Wildman–Crippen LogP) is 2.01. The molecule has 2 fully saturated rings. The predicted molar refractivity (Wildman–Crippen MR) is 97.4 cm³/mol. The Morgan fingerprint density at radius 1 is 1.42 bits per heavy atom. The summed E-state index contributed by atoms with van der Waals surface area (Å²) in [6.07, 6.45) is 4.71. The van der Waals surface area contributed by atoms with Crippen LogP contribution in [0, 0.1) is 0 Å². The number of carbonyl (C=O) groups is 2. The molecule has 2 bridgehead atoms. The standard InChI is InChI=1S/C16H24N4O2S.ClH/c1-20(12-7-10-4-5-11(8-12)18-10)15(21)9-13(19-16(17)22)14-3-2-6-23-14;/h2-3,6,10-13,18H,4-5,7-9H2,1H3,(H3,17,19,22);1H. The van der Waals surface area contributed by atoms with Crippen LogP contribution in [0.2, 0.25) is 0 Å². The first-order valence-corrected chi connectivity index (χ1v) is 9.02. The fraction of sp³-hybridized carbons (Fsp3) is 0.625. The molecular weight excluding hydrogens is 348 g/mol. The van der Waals surface area contributed by atoms with E-state index in [-0.39, 0.29) is 30.8 Å². The van der Waals surface area contributed by atoms with Gasteiger partial charge in [-0.15, -0.1) is 23.7 Å². The van der Waals surface area contributed by atoms with Crippen molar-refractivity contribution < 1.29 is 9.59 Å². The summed E-state index contributed by atoms with van der Waals surface area (Å²) < 4.78 is 0. The molecule has 3 heterocycles. The van der Waals surface area contributed by atoms with Crippen molar-refractivity contribution >= 4 is 35.7 Å². The molecule has 134 valence electrons. The highest BCUT2D eigenvalue weighted by Gasteiger charge is 2.36. The molecule has 2 aliphatic rings. The number of urea groups is 1. The van der Waals surface area contributed by atoms with Crippen LogP contribution < -0.4 is 16.4 Å². The molecule has 3 unspecified atom stereocenters. The van der Waals surface area contributed by atoms with E-state index in [4.69, 9.17) is 5.73 Å². The van der Waals surface area contributed by atoms with Crippen molar-refractivity contribution in [2.24, 2.45) is 5.73 Å². The second-order valence-corrected chi connectivity index (χ2v) is 7.53. The second kappa shape index (κ2) is 8.18. The van der Waals surface area contributed by atoms with Crippen LogP contribution in [0.15, 0.2) is 17.5 Å². The minimum Gasteiger partial charge on any atom is -0.352 e. The Morgan fingerprint density at radius 2 is 2.08 bits per heavy atom. The van der Waals surface area contributed by atoms with E-state index in [1.54, 1.807) is 0 Å². The maximum Gasteiger partial charge on any atom is 0.312 e. The van der Waals surface area contributed by atoms with Crippen LogP contribution in [0.5, 0.6) is 0 Å². The molecule has 2 aliphatic heterocycles. The number of hydrogen-bond donors (Lipinski definition) is 3. The summed E-state index contributed by atoms with van der Waals surface area (Å²) in [7, 11) is 1.88. The first kappa shape index (κ1) is 19.0. The third kappa shape index (κ3) is 4.40. The van der Waals surface area contributed by atoms with Crippen molar-refractivity contribution in [2.45, 2.75) is 56.3 Å². The number of hydrogen-bond acceptors (Lipinski definition) is 4. The van der Waals surface area contributed by atoms with Gasteiger partial charge in [0.1, 0.15) is 0 Å². The van der Waals surface area contributed by atoms with Crippen molar-refractivity contribution in [3.05, 3.63) is 22.4 Å². The minimum absolute atomic E-state index is 0. The van der Waals surface area contributed by atoms with Crippen LogP contribution in [0.3, 0.4) is 0 Å². The molecule has 3 rings (SSSR count). The van der Waals surface area contributed by atoms with E-state index in [2.05, 4.69) is 10.6 Å². The molecule has 0 radical (unpaired) electrons. The van der Waals surface area contributed by atoms with Crippen molar-refractivity contribution in [2.75, 3.05) is 7.05 Å². The summed E-state index contributed by atoms with van der Waals surface area (Å²) in [5.41, 5.74) is 5.26. The lowest BCUT2D eigenvalue weighted by atomic mass is 9.98. The van der Waals surface area contributed by atoms with Crippen molar-refractivity contribution in [1.29, 1.82) is 0 Å². The lowest BCUT2D eigenvalue weighted by molar-refractivity contribution is -0.133. The summed E-state index contributed by atoms with van der Waals surface area (Å²) in [5.74, 6) is 0.0588. The molecule has 0 aromatic carbocycles. The zero-order valence-electron chi connectivity index (χ0n) is 13.7. The maximum atomic E-state index is 12.7. The van der Waals surface area contributed by atoms with E-state index in [0.717, 1.165) is 17.7 Å². The van der Waals surface area contributed by atoms with Gasteiger partial charge >= 0.3 is 6.03 Å². The van der Waals surface area contributed by atoms with E-state index >= 15 is 0 Å². The van der Waals surface area contributed by atoms with Crippen LogP contribution in [0.1, 0.15) is 43.0 Å². The number of rotatable bonds is 5. The quantitative estimate of drug-likeness (QED) is 0.738. The van der Waals surface area contributed by atoms with Gasteiger partial charge in [-0.25, -0.2) is 4.79 Å². The van der Waals surface area contributed by atoms with Crippen LogP contribution in [0.4, 0.5) is 4.79 Å². The van der Waals surface area contributed by atoms with Gasteiger partial charge in [-0.3, -0.25) is 4.79 Å². The number of nitrogens with zero attached hydrogens (tertiary/aromatic N) is 1. The highest BCUT2D eigenvalue weighted by molar-refractivity contribution is 7.10. The van der Waals surface area contributed by atoms with Crippen LogP contribution in [0.25, 0.3) is 0 Å². The maximum absolute atomic E-state index is 12.7. The molecule has 24 heavy (non-hydrogen) atoms. The molecule has 0 saturated carbocycles. The Balaban J connectivity index is 0.00000208. The van der Waals surface area contributed by atoms with E-state index in [1.807, 2.05) is 29.5 Å². The molecular formula is C16H25ClN4O2S. The number of carbonyl (C=O) groups excluding carboxylic acids is 2. The first-order chi connectivity index (χ1) is 11.0. The number of halogens is 1. The highest BCUT2D eigenvalue weighted by Crippen LogP contribution is 2.30. The van der Waals surface area contributed by atoms with E-state index in [1.165, 1.54) is 24.2 Å². The Kier molecular flexibility index (Phi) is 6.48. The Morgan fingerprint density at radius 3 is 2.62 bits per heavy atom. The lowest BCUT2D eigenvalue weighted by Crippen LogP contribution is -2.49. The molecule has 3 amide bonds. The van der Waals surface area contributed by atoms with Crippen molar-refractivity contribution in [3.63, 3.8) is 0 Å². The van der Waals surface area contributed by atoms with Gasteiger partial charge in [0.15, 0.2) is 0 Å². The molecule has 1 aromatic rings. The second-order valence-electron chi connectivity index (χ2n) is 6.55. The zero-order chi connectivity index (χ0) is 16.4. The van der Waals surface area contributed by atoms with Gasteiger partial charge < -0.3 is 21.3 Å². The average Bonchev–Trinajstić information content (AvgIpc) is 3.15. The minimum atomic E-state index is -0.598. The van der Waals surface area contributed by atoms with Gasteiger partial charge in [0.05, 0.1) is 12.5 Å².